The molecule has 20 nitrogen and oxygen atoms in total. The molecule has 3 aliphatic carbocycles. The fourth-order valence-electron chi connectivity index (χ4n) is 9.13. The molecule has 0 saturated carbocycles. The number of ether oxygens (including phenoxy) is 15. The molecule has 3 aromatic carbocycles. The third kappa shape index (κ3) is 16.5. The molecule has 0 fully saturated rings. The molecule has 3 aliphatic rings. The highest BCUT2D eigenvalue weighted by molar-refractivity contribution is 7.86. The second kappa shape index (κ2) is 31.7. The zero-order valence-corrected chi connectivity index (χ0v) is 44.1. The zero-order valence-electron chi connectivity index (χ0n) is 43.3. The van der Waals surface area contributed by atoms with Gasteiger partial charge in [-0.25, -0.2) is 0 Å². The minimum atomic E-state index is -3.58. The van der Waals surface area contributed by atoms with Gasteiger partial charge < -0.3 is 76.2 Å². The van der Waals surface area contributed by atoms with E-state index >= 15 is 0 Å². The average Bonchev–Trinajstić information content (AvgIpc) is 3.74. The van der Waals surface area contributed by atoms with Crippen molar-refractivity contribution in [1.82, 2.24) is 0 Å². The number of nitrogens with zero attached hydrogens (tertiary/aromatic N) is 1. The number of aliphatic hydroxyl groups is 1. The van der Waals surface area contributed by atoms with Crippen molar-refractivity contribution >= 4 is 10.1 Å². The molecule has 6 rings (SSSR count). The molecule has 0 heterocycles. The van der Waals surface area contributed by atoms with E-state index in [1.54, 1.807) is 71.1 Å². The van der Waals surface area contributed by atoms with Crippen molar-refractivity contribution in [2.75, 3.05) is 112 Å². The van der Waals surface area contributed by atoms with E-state index in [1.807, 2.05) is 18.2 Å². The van der Waals surface area contributed by atoms with Crippen molar-refractivity contribution < 1.29 is 88.8 Å². The molecule has 6 atom stereocenters. The van der Waals surface area contributed by atoms with E-state index in [-0.39, 0.29) is 53.4 Å². The maximum atomic E-state index is 11.6. The molecule has 0 saturated heterocycles. The lowest BCUT2D eigenvalue weighted by Crippen LogP contribution is -2.20. The Balaban J connectivity index is 0.000000371. The van der Waals surface area contributed by atoms with Crippen LogP contribution in [0.15, 0.2) is 18.2 Å². The van der Waals surface area contributed by atoms with E-state index in [9.17, 15) is 18.8 Å². The highest BCUT2D eigenvalue weighted by Crippen LogP contribution is 2.50. The summed E-state index contributed by atoms with van der Waals surface area (Å²) in [6.07, 6.45) is 4.48. The maximum Gasteiger partial charge on any atom is 0.264 e. The summed E-state index contributed by atoms with van der Waals surface area (Å²) in [6, 6.07) is 8.00. The Kier molecular flexibility index (Phi) is 27.8. The lowest BCUT2D eigenvalue weighted by atomic mass is 9.98. The van der Waals surface area contributed by atoms with Gasteiger partial charge in [-0.15, -0.1) is 0 Å². The molecular formula is C52H81NO19S. The molecule has 21 heteroatoms. The second-order valence-corrected chi connectivity index (χ2v) is 18.2. The van der Waals surface area contributed by atoms with Gasteiger partial charge in [0, 0.05) is 56.8 Å². The largest absolute Gasteiger partial charge is 0.493 e. The van der Waals surface area contributed by atoms with Crippen LogP contribution in [-0.4, -0.2) is 138 Å². The summed E-state index contributed by atoms with van der Waals surface area (Å²) >= 11 is 0. The minimum Gasteiger partial charge on any atom is -0.493 e. The molecule has 0 spiro atoms. The van der Waals surface area contributed by atoms with Crippen LogP contribution in [0, 0.1) is 17.2 Å². The molecule has 414 valence electrons. The zero-order chi connectivity index (χ0) is 52.3. The van der Waals surface area contributed by atoms with Gasteiger partial charge >= 0.3 is 0 Å². The average molecular weight is 1060 g/mol. The number of rotatable bonds is 20. The van der Waals surface area contributed by atoms with Gasteiger partial charge in [0.25, 0.3) is 10.1 Å². The van der Waals surface area contributed by atoms with Crippen molar-refractivity contribution in [3.05, 3.63) is 51.6 Å². The SMILES string of the molecule is C.C.COCOC1C[C@@H](O)CCc2c1cc(OC)c(OC)c2OC.COCOC1C[C@@H](OS(C)(=O)=O)CCc2c1cc(OC)c(OC)c2OC.COCOC1C[C@H](C#N)CCc2c1cc(OC)c(OC)c2OC. The van der Waals surface area contributed by atoms with Gasteiger partial charge in [0.2, 0.25) is 17.2 Å². The number of nitriles is 1. The molecule has 0 aromatic heterocycles. The highest BCUT2D eigenvalue weighted by Gasteiger charge is 2.34. The third-order valence-electron chi connectivity index (χ3n) is 12.2. The fraction of sp³-hybridized carbons (Fsp3) is 0.635. The molecular weight excluding hydrogens is 975 g/mol. The maximum absolute atomic E-state index is 11.6. The molecule has 73 heavy (non-hydrogen) atoms. The van der Waals surface area contributed by atoms with Crippen molar-refractivity contribution in [2.45, 2.75) is 103 Å². The Bertz CT molecular complexity index is 2300. The Morgan fingerprint density at radius 3 is 1.18 bits per heavy atom. The molecule has 0 bridgehead atoms. The summed E-state index contributed by atoms with van der Waals surface area (Å²) in [7, 11) is 15.3. The molecule has 0 aliphatic heterocycles. The smallest absolute Gasteiger partial charge is 0.264 e. The fourth-order valence-corrected chi connectivity index (χ4v) is 9.80. The summed E-state index contributed by atoms with van der Waals surface area (Å²) in [5.41, 5.74) is 5.63. The second-order valence-electron chi connectivity index (χ2n) is 16.6. The number of hydrogen-bond acceptors (Lipinski definition) is 20. The van der Waals surface area contributed by atoms with Gasteiger partial charge in [0.15, 0.2) is 34.5 Å². The first kappa shape index (κ1) is 64.1. The van der Waals surface area contributed by atoms with Gasteiger partial charge in [0.1, 0.15) is 20.4 Å². The number of hydrogen-bond donors (Lipinski definition) is 1. The molecule has 1 N–H and O–H groups in total. The van der Waals surface area contributed by atoms with Gasteiger partial charge in [-0.1, -0.05) is 14.9 Å². The predicted octanol–water partition coefficient (Wildman–Crippen LogP) is 8.25. The van der Waals surface area contributed by atoms with Gasteiger partial charge in [-0.3, -0.25) is 4.18 Å². The van der Waals surface area contributed by atoms with Crippen LogP contribution in [0.1, 0.15) is 105 Å². The summed E-state index contributed by atoms with van der Waals surface area (Å²) in [5, 5.41) is 19.5. The van der Waals surface area contributed by atoms with Crippen molar-refractivity contribution in [1.29, 1.82) is 5.26 Å². The summed E-state index contributed by atoms with van der Waals surface area (Å²) in [5.74, 6) is 5.05. The molecule has 0 radical (unpaired) electrons. The summed E-state index contributed by atoms with van der Waals surface area (Å²) in [4.78, 5) is 0. The van der Waals surface area contributed by atoms with Crippen molar-refractivity contribution in [3.8, 4) is 57.8 Å². The van der Waals surface area contributed by atoms with Crippen molar-refractivity contribution in [3.63, 3.8) is 0 Å². The summed E-state index contributed by atoms with van der Waals surface area (Å²) in [6.45, 7) is 0.388. The van der Waals surface area contributed by atoms with E-state index < -0.39 is 28.4 Å². The van der Waals surface area contributed by atoms with Gasteiger partial charge in [0.05, 0.1) is 107 Å². The van der Waals surface area contributed by atoms with Crippen LogP contribution in [0.3, 0.4) is 0 Å². The lowest BCUT2D eigenvalue weighted by molar-refractivity contribution is -0.0854. The first-order valence-electron chi connectivity index (χ1n) is 22.9. The van der Waals surface area contributed by atoms with E-state index in [1.165, 1.54) is 14.2 Å². The number of benzene rings is 3. The quantitative estimate of drug-likeness (QED) is 0.0638. The van der Waals surface area contributed by atoms with Crippen LogP contribution >= 0.6 is 0 Å². The lowest BCUT2D eigenvalue weighted by Gasteiger charge is -2.23. The van der Waals surface area contributed by atoms with Crippen LogP contribution in [0.4, 0.5) is 0 Å². The van der Waals surface area contributed by atoms with Crippen LogP contribution in [0.2, 0.25) is 0 Å². The van der Waals surface area contributed by atoms with Crippen LogP contribution in [-0.2, 0) is 62.0 Å². The first-order valence-corrected chi connectivity index (χ1v) is 24.7. The third-order valence-corrected chi connectivity index (χ3v) is 12.9. The number of aliphatic hydroxyl groups excluding tert-OH is 1. The highest BCUT2D eigenvalue weighted by atomic mass is 32.2. The van der Waals surface area contributed by atoms with Crippen molar-refractivity contribution in [2.24, 2.45) is 5.92 Å². The minimum absolute atomic E-state index is 0. The van der Waals surface area contributed by atoms with E-state index in [4.69, 9.17) is 75.2 Å². The van der Waals surface area contributed by atoms with Crippen LogP contribution in [0.5, 0.6) is 51.7 Å². The predicted molar refractivity (Wildman–Crippen MR) is 273 cm³/mol. The van der Waals surface area contributed by atoms with E-state index in [0.29, 0.717) is 96.7 Å². The topological polar surface area (TPSA) is 226 Å². The normalized spacial score (nSPS) is 19.8. The monoisotopic (exact) mass is 1060 g/mol. The number of fused-ring (bicyclic) bond motifs is 3. The van der Waals surface area contributed by atoms with E-state index in [0.717, 1.165) is 52.5 Å². The molecule has 0 amide bonds. The Labute approximate surface area is 433 Å². The standard InChI is InChI=1S/C17H23NO5.C17H26O8S.C16H24O6.2CH4/c1-19-10-23-14-7-11(9-18)5-6-12-13(14)8-15(20-2)17(22-4)16(12)21-3;1-20-10-24-14-8-11(25-26(5,18)19)6-7-12-13(14)9-15(21-2)17(23-4)16(12)22-3;1-18-9-22-13-7-10(17)5-6-11-12(13)8-14(19-2)16(21-4)15(11)20-3;;/h8,11,14H,5-7,10H2,1-4H3;9,11,14H,6-8,10H2,1-5H3;8,10,13,17H,5-7,9H2,1-4H3;2*1H4/t2*11-,14?;10-,13?;;/m100../s1. The van der Waals surface area contributed by atoms with Gasteiger partial charge in [-0.2, -0.15) is 13.7 Å². The molecule has 3 aromatic rings. The Hall–Kier alpha value is -5.02. The summed E-state index contributed by atoms with van der Waals surface area (Å²) < 4.78 is 110. The Morgan fingerprint density at radius 1 is 0.507 bits per heavy atom. The van der Waals surface area contributed by atoms with E-state index in [2.05, 4.69) is 6.07 Å². The first-order chi connectivity index (χ1) is 34.2. The van der Waals surface area contributed by atoms with Gasteiger partial charge in [-0.05, 0) is 79.8 Å². The van der Waals surface area contributed by atoms with Crippen LogP contribution < -0.4 is 42.6 Å². The Morgan fingerprint density at radius 2 is 0.849 bits per heavy atom. The number of methoxy groups -OCH3 is 12. The molecule has 3 unspecified atom stereocenters. The van der Waals surface area contributed by atoms with Crippen LogP contribution in [0.25, 0.3) is 0 Å².